The Morgan fingerprint density at radius 1 is 1.40 bits per heavy atom. The van der Waals surface area contributed by atoms with E-state index in [0.29, 0.717) is 5.56 Å². The summed E-state index contributed by atoms with van der Waals surface area (Å²) in [6, 6.07) is 4.20. The molecule has 0 saturated carbocycles. The number of hydrogen-bond acceptors (Lipinski definition) is 3. The number of benzene rings is 1. The third kappa shape index (κ3) is 2.93. The van der Waals surface area contributed by atoms with Crippen molar-refractivity contribution in [3.8, 4) is 5.75 Å². The van der Waals surface area contributed by atoms with Crippen LogP contribution in [0.5, 0.6) is 5.75 Å². The lowest BCUT2D eigenvalue weighted by Gasteiger charge is -2.13. The highest BCUT2D eigenvalue weighted by molar-refractivity contribution is 9.24. The first-order valence-electron chi connectivity index (χ1n) is 4.02. The van der Waals surface area contributed by atoms with E-state index in [1.54, 1.807) is 0 Å². The van der Waals surface area contributed by atoms with Crippen LogP contribution in [0.15, 0.2) is 18.2 Å². The van der Waals surface area contributed by atoms with Gasteiger partial charge in [-0.15, -0.1) is 0 Å². The summed E-state index contributed by atoms with van der Waals surface area (Å²) >= 11 is 6.29. The molecule has 0 bridgehead atoms. The molecule has 82 valence electrons. The van der Waals surface area contributed by atoms with Gasteiger partial charge in [0, 0.05) is 0 Å². The van der Waals surface area contributed by atoms with Crippen LogP contribution < -0.4 is 5.73 Å². The van der Waals surface area contributed by atoms with Gasteiger partial charge in [0.15, 0.2) is 0 Å². The smallest absolute Gasteiger partial charge is 0.252 e. The second-order valence-electron chi connectivity index (χ2n) is 2.92. The molecule has 1 unspecified atom stereocenters. The molecular formula is C9H9Br2NO3. The molecule has 1 atom stereocenters. The normalized spacial score (nSPS) is 12.8. The zero-order valence-electron chi connectivity index (χ0n) is 7.52. The minimum Gasteiger partial charge on any atom is -0.507 e. The van der Waals surface area contributed by atoms with Gasteiger partial charge < -0.3 is 15.9 Å². The fourth-order valence-electron chi connectivity index (χ4n) is 1.08. The molecule has 15 heavy (non-hydrogen) atoms. The minimum atomic E-state index is -0.830. The monoisotopic (exact) mass is 337 g/mol. The van der Waals surface area contributed by atoms with Crippen LogP contribution in [0.3, 0.4) is 0 Å². The molecule has 0 aliphatic heterocycles. The Labute approximate surface area is 103 Å². The molecule has 0 radical (unpaired) electrons. The number of hydrogen-bond donors (Lipinski definition) is 3. The van der Waals surface area contributed by atoms with Crippen LogP contribution in [-0.4, -0.2) is 19.9 Å². The highest BCUT2D eigenvalue weighted by Crippen LogP contribution is 2.29. The zero-order valence-corrected chi connectivity index (χ0v) is 10.7. The Kier molecular flexibility index (Phi) is 4.12. The number of alkyl halides is 2. The molecule has 0 spiro atoms. The fourth-order valence-corrected chi connectivity index (χ4v) is 1.69. The van der Waals surface area contributed by atoms with Crippen molar-refractivity contribution in [1.29, 1.82) is 0 Å². The number of primary amides is 1. The Morgan fingerprint density at radius 2 is 2.00 bits per heavy atom. The van der Waals surface area contributed by atoms with E-state index in [-0.39, 0.29) is 15.0 Å². The van der Waals surface area contributed by atoms with E-state index in [9.17, 15) is 15.0 Å². The lowest BCUT2D eigenvalue weighted by Crippen LogP contribution is -2.13. The molecule has 0 aromatic heterocycles. The van der Waals surface area contributed by atoms with Gasteiger partial charge in [-0.3, -0.25) is 4.79 Å². The lowest BCUT2D eigenvalue weighted by molar-refractivity contribution is 0.0997. The van der Waals surface area contributed by atoms with Crippen LogP contribution in [-0.2, 0) is 0 Å². The van der Waals surface area contributed by atoms with Crippen LogP contribution in [0.4, 0.5) is 0 Å². The number of amides is 1. The summed E-state index contributed by atoms with van der Waals surface area (Å²) in [7, 11) is 0. The van der Waals surface area contributed by atoms with Gasteiger partial charge in [-0.05, 0) is 17.7 Å². The quantitative estimate of drug-likeness (QED) is 0.732. The van der Waals surface area contributed by atoms with Crippen molar-refractivity contribution in [3.05, 3.63) is 29.3 Å². The maximum atomic E-state index is 10.9. The first-order chi connectivity index (χ1) is 6.93. The number of aliphatic hydroxyl groups excluding tert-OH is 1. The summed E-state index contributed by atoms with van der Waals surface area (Å²) in [4.78, 5) is 10.9. The molecule has 1 amide bonds. The third-order valence-corrected chi connectivity index (χ3v) is 2.87. The summed E-state index contributed by atoms with van der Waals surface area (Å²) < 4.78 is -0.338. The second-order valence-corrected chi connectivity index (χ2v) is 6.12. The topological polar surface area (TPSA) is 83.6 Å². The van der Waals surface area contributed by atoms with E-state index in [4.69, 9.17) is 5.73 Å². The summed E-state index contributed by atoms with van der Waals surface area (Å²) in [5.74, 6) is -0.929. The number of aliphatic hydroxyl groups is 1. The van der Waals surface area contributed by atoms with Crippen molar-refractivity contribution in [2.24, 2.45) is 5.73 Å². The molecule has 1 aromatic rings. The molecule has 6 heteroatoms. The average molecular weight is 339 g/mol. The predicted molar refractivity (Wildman–Crippen MR) is 63.2 cm³/mol. The number of rotatable bonds is 3. The number of nitrogens with two attached hydrogens (primary N) is 1. The van der Waals surface area contributed by atoms with E-state index in [1.807, 2.05) is 0 Å². The molecule has 0 aliphatic rings. The van der Waals surface area contributed by atoms with Gasteiger partial charge in [0.05, 0.1) is 9.30 Å². The fraction of sp³-hybridized carbons (Fsp3) is 0.222. The van der Waals surface area contributed by atoms with E-state index >= 15 is 0 Å². The Morgan fingerprint density at radius 3 is 2.47 bits per heavy atom. The molecule has 1 aromatic carbocycles. The third-order valence-electron chi connectivity index (χ3n) is 1.87. The molecule has 4 nitrogen and oxygen atoms in total. The van der Waals surface area contributed by atoms with Gasteiger partial charge in [0.2, 0.25) is 0 Å². The predicted octanol–water partition coefficient (Wildman–Crippen LogP) is 1.64. The van der Waals surface area contributed by atoms with Crippen molar-refractivity contribution in [2.75, 3.05) is 0 Å². The van der Waals surface area contributed by atoms with Gasteiger partial charge in [-0.2, -0.15) is 0 Å². The Bertz CT molecular complexity index is 382. The summed E-state index contributed by atoms with van der Waals surface area (Å²) in [5, 5.41) is 19.0. The molecule has 0 heterocycles. The number of aromatic hydroxyl groups is 1. The van der Waals surface area contributed by atoms with Crippen LogP contribution in [0.2, 0.25) is 0 Å². The zero-order chi connectivity index (χ0) is 11.6. The molecular weight excluding hydrogens is 330 g/mol. The first kappa shape index (κ1) is 12.5. The van der Waals surface area contributed by atoms with Crippen molar-refractivity contribution >= 4 is 37.8 Å². The Balaban J connectivity index is 3.13. The van der Waals surface area contributed by atoms with Gasteiger partial charge in [-0.1, -0.05) is 37.9 Å². The number of phenols is 1. The van der Waals surface area contributed by atoms with Crippen molar-refractivity contribution < 1.29 is 15.0 Å². The standard InChI is InChI=1S/C9H9Br2NO3/c10-8(11)7(14)4-1-2-6(13)5(3-4)9(12)15/h1-3,7-8,13-14H,(H2,12,15). The van der Waals surface area contributed by atoms with Crippen molar-refractivity contribution in [3.63, 3.8) is 0 Å². The molecule has 4 N–H and O–H groups in total. The maximum absolute atomic E-state index is 10.9. The average Bonchev–Trinajstić information content (AvgIpc) is 2.16. The summed E-state index contributed by atoms with van der Waals surface area (Å²) in [6.45, 7) is 0. The van der Waals surface area contributed by atoms with Gasteiger partial charge in [0.1, 0.15) is 11.9 Å². The van der Waals surface area contributed by atoms with Crippen molar-refractivity contribution in [2.45, 2.75) is 9.84 Å². The number of carbonyl (C=O) groups excluding carboxylic acids is 1. The molecule has 0 aliphatic carbocycles. The first-order valence-corrected chi connectivity index (χ1v) is 5.85. The van der Waals surface area contributed by atoms with E-state index < -0.39 is 12.0 Å². The van der Waals surface area contributed by atoms with Gasteiger partial charge >= 0.3 is 0 Å². The van der Waals surface area contributed by atoms with E-state index in [1.165, 1.54) is 18.2 Å². The maximum Gasteiger partial charge on any atom is 0.252 e. The van der Waals surface area contributed by atoms with Crippen LogP contribution in [0.25, 0.3) is 0 Å². The van der Waals surface area contributed by atoms with Crippen LogP contribution in [0, 0.1) is 0 Å². The van der Waals surface area contributed by atoms with E-state index in [0.717, 1.165) is 0 Å². The largest absolute Gasteiger partial charge is 0.507 e. The SMILES string of the molecule is NC(=O)c1cc(C(O)C(Br)Br)ccc1O. The summed E-state index contributed by atoms with van der Waals surface area (Å²) in [6.07, 6.45) is -0.830. The van der Waals surface area contributed by atoms with Gasteiger partial charge in [-0.25, -0.2) is 0 Å². The van der Waals surface area contributed by atoms with Crippen molar-refractivity contribution in [1.82, 2.24) is 0 Å². The minimum absolute atomic E-state index is 0.00722. The molecule has 1 rings (SSSR count). The lowest BCUT2D eigenvalue weighted by atomic mass is 10.1. The van der Waals surface area contributed by atoms with Crippen LogP contribution >= 0.6 is 31.9 Å². The number of carbonyl (C=O) groups is 1. The Hall–Kier alpha value is -0.590. The second kappa shape index (κ2) is 4.96. The van der Waals surface area contributed by atoms with E-state index in [2.05, 4.69) is 31.9 Å². The van der Waals surface area contributed by atoms with Crippen LogP contribution in [0.1, 0.15) is 22.0 Å². The molecule has 0 saturated heterocycles. The molecule has 0 fully saturated rings. The summed E-state index contributed by atoms with van der Waals surface area (Å²) in [5.41, 5.74) is 5.53. The highest BCUT2D eigenvalue weighted by Gasteiger charge is 2.17. The number of halogens is 2. The van der Waals surface area contributed by atoms with Gasteiger partial charge in [0.25, 0.3) is 5.91 Å². The highest BCUT2D eigenvalue weighted by atomic mass is 79.9.